The summed E-state index contributed by atoms with van der Waals surface area (Å²) in [5.74, 6) is 0. The number of hydrogen-bond acceptors (Lipinski definition) is 3. The van der Waals surface area contributed by atoms with Crippen molar-refractivity contribution in [3.05, 3.63) is 45.9 Å². The van der Waals surface area contributed by atoms with Crippen molar-refractivity contribution in [1.82, 2.24) is 4.98 Å². The van der Waals surface area contributed by atoms with Crippen molar-refractivity contribution in [2.24, 2.45) is 0 Å². The number of halogens is 1. The van der Waals surface area contributed by atoms with Gasteiger partial charge in [0.05, 0.1) is 0 Å². The molecule has 1 aromatic carbocycles. The average molecular weight is 239 g/mol. The van der Waals surface area contributed by atoms with Crippen molar-refractivity contribution in [2.75, 3.05) is 5.32 Å². The molecule has 2 rings (SSSR count). The van der Waals surface area contributed by atoms with Gasteiger partial charge in [0.2, 0.25) is 0 Å². The van der Waals surface area contributed by atoms with Gasteiger partial charge in [-0.05, 0) is 24.1 Å². The van der Waals surface area contributed by atoms with Crippen LogP contribution in [-0.2, 0) is 6.54 Å². The van der Waals surface area contributed by atoms with Crippen LogP contribution in [0.5, 0.6) is 0 Å². The van der Waals surface area contributed by atoms with E-state index < -0.39 is 0 Å². The summed E-state index contributed by atoms with van der Waals surface area (Å²) >= 11 is 7.63. The van der Waals surface area contributed by atoms with Gasteiger partial charge in [-0.1, -0.05) is 23.7 Å². The van der Waals surface area contributed by atoms with Crippen molar-refractivity contribution in [2.45, 2.75) is 13.5 Å². The zero-order chi connectivity index (χ0) is 10.7. The first kappa shape index (κ1) is 10.5. The van der Waals surface area contributed by atoms with E-state index in [0.717, 1.165) is 22.3 Å². The van der Waals surface area contributed by atoms with Crippen LogP contribution in [0.2, 0.25) is 5.02 Å². The van der Waals surface area contributed by atoms with Gasteiger partial charge in [0.15, 0.2) is 5.13 Å². The molecule has 4 heteroatoms. The third-order valence-electron chi connectivity index (χ3n) is 2.11. The number of nitrogens with zero attached hydrogens (tertiary/aromatic N) is 1. The lowest BCUT2D eigenvalue weighted by molar-refractivity contribution is 1.13. The molecule has 0 saturated heterocycles. The highest BCUT2D eigenvalue weighted by atomic mass is 35.5. The lowest BCUT2D eigenvalue weighted by Crippen LogP contribution is -1.98. The van der Waals surface area contributed by atoms with Crippen LogP contribution in [0.1, 0.15) is 11.1 Å². The molecule has 1 aromatic heterocycles. The van der Waals surface area contributed by atoms with E-state index in [0.29, 0.717) is 0 Å². The van der Waals surface area contributed by atoms with Gasteiger partial charge in [0.1, 0.15) is 0 Å². The van der Waals surface area contributed by atoms with Gasteiger partial charge < -0.3 is 5.32 Å². The zero-order valence-electron chi connectivity index (χ0n) is 8.33. The number of anilines is 1. The highest BCUT2D eigenvalue weighted by molar-refractivity contribution is 7.13. The molecule has 15 heavy (non-hydrogen) atoms. The Labute approximate surface area is 97.9 Å². The van der Waals surface area contributed by atoms with E-state index in [-0.39, 0.29) is 0 Å². The van der Waals surface area contributed by atoms with Gasteiger partial charge in [-0.3, -0.25) is 0 Å². The van der Waals surface area contributed by atoms with E-state index in [2.05, 4.69) is 16.4 Å². The summed E-state index contributed by atoms with van der Waals surface area (Å²) in [6, 6.07) is 6.08. The maximum atomic E-state index is 6.03. The molecule has 0 bridgehead atoms. The highest BCUT2D eigenvalue weighted by Gasteiger charge is 1.99. The minimum Gasteiger partial charge on any atom is -0.357 e. The van der Waals surface area contributed by atoms with E-state index in [9.17, 15) is 0 Å². The topological polar surface area (TPSA) is 24.9 Å². The molecule has 0 aliphatic heterocycles. The second kappa shape index (κ2) is 4.64. The second-order valence-electron chi connectivity index (χ2n) is 3.27. The van der Waals surface area contributed by atoms with Crippen LogP contribution in [-0.4, -0.2) is 4.98 Å². The molecule has 2 aromatic rings. The number of aryl methyl sites for hydroxylation is 1. The summed E-state index contributed by atoms with van der Waals surface area (Å²) in [5.41, 5.74) is 2.27. The summed E-state index contributed by atoms with van der Waals surface area (Å²) in [6.07, 6.45) is 1.79. The van der Waals surface area contributed by atoms with Crippen LogP contribution in [0.15, 0.2) is 29.8 Å². The van der Waals surface area contributed by atoms with Gasteiger partial charge in [0.25, 0.3) is 0 Å². The van der Waals surface area contributed by atoms with Crippen LogP contribution in [0.4, 0.5) is 5.13 Å². The number of rotatable bonds is 3. The first-order valence-corrected chi connectivity index (χ1v) is 5.90. The molecule has 0 amide bonds. The molecule has 1 N–H and O–H groups in total. The smallest absolute Gasteiger partial charge is 0.182 e. The average Bonchev–Trinajstić information content (AvgIpc) is 2.73. The molecule has 0 unspecified atom stereocenters. The van der Waals surface area contributed by atoms with Gasteiger partial charge in [-0.2, -0.15) is 0 Å². The van der Waals surface area contributed by atoms with Crippen LogP contribution in [0, 0.1) is 6.92 Å². The standard InChI is InChI=1S/C11H11ClN2S/c1-8-2-3-9(6-10(8)12)7-14-11-13-4-5-15-11/h2-6H,7H2,1H3,(H,13,14). The monoisotopic (exact) mass is 238 g/mol. The number of nitrogens with one attached hydrogen (secondary N) is 1. The van der Waals surface area contributed by atoms with Gasteiger partial charge in [-0.15, -0.1) is 11.3 Å². The molecule has 0 atom stereocenters. The third-order valence-corrected chi connectivity index (χ3v) is 3.25. The molecule has 78 valence electrons. The lowest BCUT2D eigenvalue weighted by Gasteiger charge is -2.04. The Morgan fingerprint density at radius 3 is 3.00 bits per heavy atom. The van der Waals surface area contributed by atoms with Crippen LogP contribution < -0.4 is 5.32 Å². The van der Waals surface area contributed by atoms with Crippen LogP contribution >= 0.6 is 22.9 Å². The van der Waals surface area contributed by atoms with E-state index in [4.69, 9.17) is 11.6 Å². The lowest BCUT2D eigenvalue weighted by atomic mass is 10.1. The van der Waals surface area contributed by atoms with E-state index >= 15 is 0 Å². The van der Waals surface area contributed by atoms with Crippen molar-refractivity contribution in [1.29, 1.82) is 0 Å². The summed E-state index contributed by atoms with van der Waals surface area (Å²) < 4.78 is 0. The SMILES string of the molecule is Cc1ccc(CNc2nccs2)cc1Cl. The Hall–Kier alpha value is -1.06. The van der Waals surface area contributed by atoms with Crippen LogP contribution in [0.3, 0.4) is 0 Å². The first-order valence-electron chi connectivity index (χ1n) is 4.64. The second-order valence-corrected chi connectivity index (χ2v) is 4.58. The predicted octanol–water partition coefficient (Wildman–Crippen LogP) is 3.72. The zero-order valence-corrected chi connectivity index (χ0v) is 9.90. The molecule has 0 saturated carbocycles. The fourth-order valence-electron chi connectivity index (χ4n) is 1.23. The molecule has 0 spiro atoms. The van der Waals surface area contributed by atoms with Crippen LogP contribution in [0.25, 0.3) is 0 Å². The Morgan fingerprint density at radius 2 is 2.33 bits per heavy atom. The number of thiazole rings is 1. The number of benzene rings is 1. The largest absolute Gasteiger partial charge is 0.357 e. The minimum atomic E-state index is 0.757. The van der Waals surface area contributed by atoms with Crippen molar-refractivity contribution in [3.8, 4) is 0 Å². The Bertz CT molecular complexity index is 440. The maximum absolute atomic E-state index is 6.03. The van der Waals surface area contributed by atoms with Gasteiger partial charge in [-0.25, -0.2) is 4.98 Å². The number of aromatic nitrogens is 1. The quantitative estimate of drug-likeness (QED) is 0.882. The molecule has 0 aliphatic rings. The number of hydrogen-bond donors (Lipinski definition) is 1. The van der Waals surface area contributed by atoms with Crippen molar-refractivity contribution in [3.63, 3.8) is 0 Å². The predicted molar refractivity (Wildman–Crippen MR) is 65.6 cm³/mol. The van der Waals surface area contributed by atoms with E-state index in [1.807, 2.05) is 24.4 Å². The molecule has 2 nitrogen and oxygen atoms in total. The minimum absolute atomic E-state index is 0.757. The molecular formula is C11H11ClN2S. The van der Waals surface area contributed by atoms with Crippen molar-refractivity contribution < 1.29 is 0 Å². The van der Waals surface area contributed by atoms with Gasteiger partial charge in [0, 0.05) is 23.1 Å². The molecular weight excluding hydrogens is 228 g/mol. The molecule has 1 heterocycles. The summed E-state index contributed by atoms with van der Waals surface area (Å²) in [7, 11) is 0. The summed E-state index contributed by atoms with van der Waals surface area (Å²) in [4.78, 5) is 4.15. The molecule has 0 aliphatic carbocycles. The molecule has 0 radical (unpaired) electrons. The fraction of sp³-hybridized carbons (Fsp3) is 0.182. The Balaban J connectivity index is 2.02. The Kier molecular flexibility index (Phi) is 3.23. The van der Waals surface area contributed by atoms with E-state index in [1.54, 1.807) is 17.5 Å². The van der Waals surface area contributed by atoms with Crippen molar-refractivity contribution >= 4 is 28.1 Å². The van der Waals surface area contributed by atoms with E-state index in [1.165, 1.54) is 5.56 Å². The normalized spacial score (nSPS) is 10.3. The first-order chi connectivity index (χ1) is 7.25. The van der Waals surface area contributed by atoms with Gasteiger partial charge >= 0.3 is 0 Å². The third kappa shape index (κ3) is 2.70. The Morgan fingerprint density at radius 1 is 1.47 bits per heavy atom. The maximum Gasteiger partial charge on any atom is 0.182 e. The molecule has 0 fully saturated rings. The fourth-order valence-corrected chi connectivity index (χ4v) is 1.97. The summed E-state index contributed by atoms with van der Waals surface area (Å²) in [6.45, 7) is 2.76. The highest BCUT2D eigenvalue weighted by Crippen LogP contribution is 2.18. The summed E-state index contributed by atoms with van der Waals surface area (Å²) in [5, 5.41) is 6.94.